The number of carbonyl (C=O) groups excluding carboxylic acids is 2. The van der Waals surface area contributed by atoms with Crippen molar-refractivity contribution >= 4 is 29.5 Å². The third kappa shape index (κ3) is 3.57. The third-order valence-electron chi connectivity index (χ3n) is 5.60. The molecule has 152 valence electrons. The summed E-state index contributed by atoms with van der Waals surface area (Å²) < 4.78 is 13.1. The quantitative estimate of drug-likeness (QED) is 0.674. The van der Waals surface area contributed by atoms with Gasteiger partial charge in [0, 0.05) is 5.69 Å². The lowest BCUT2D eigenvalue weighted by Crippen LogP contribution is -2.53. The Morgan fingerprint density at radius 2 is 2.00 bits per heavy atom. The SMILES string of the molecule is C[C@@H]1CCCC[C@@]12NC(=O)N(Cc1nc(N)nc(Nc3ccc(F)cc3)n1)C2=O. The number of benzene rings is 1. The normalized spacial score (nSPS) is 24.1. The van der Waals surface area contributed by atoms with Crippen molar-refractivity contribution in [2.45, 2.75) is 44.7 Å². The van der Waals surface area contributed by atoms with Gasteiger partial charge >= 0.3 is 6.03 Å². The Kier molecular flexibility index (Phi) is 4.77. The number of urea groups is 1. The zero-order valence-electron chi connectivity index (χ0n) is 16.0. The van der Waals surface area contributed by atoms with E-state index >= 15 is 0 Å². The molecule has 1 spiro atoms. The molecule has 0 bridgehead atoms. The first-order chi connectivity index (χ1) is 13.9. The van der Waals surface area contributed by atoms with Crippen LogP contribution in [0.25, 0.3) is 0 Å². The van der Waals surface area contributed by atoms with Gasteiger partial charge in [0.25, 0.3) is 5.91 Å². The predicted octanol–water partition coefficient (Wildman–Crippen LogP) is 2.34. The van der Waals surface area contributed by atoms with Crippen molar-refractivity contribution in [2.24, 2.45) is 5.92 Å². The second kappa shape index (κ2) is 7.26. The van der Waals surface area contributed by atoms with E-state index in [-0.39, 0.29) is 41.9 Å². The van der Waals surface area contributed by atoms with Gasteiger partial charge in [-0.2, -0.15) is 15.0 Å². The number of amides is 3. The number of imide groups is 1. The summed E-state index contributed by atoms with van der Waals surface area (Å²) in [6, 6.07) is 5.20. The first-order valence-electron chi connectivity index (χ1n) is 9.54. The molecule has 2 fully saturated rings. The Labute approximate surface area is 166 Å². The number of hydrogen-bond donors (Lipinski definition) is 3. The van der Waals surface area contributed by atoms with Gasteiger partial charge in [0.2, 0.25) is 11.9 Å². The lowest BCUT2D eigenvalue weighted by atomic mass is 9.73. The molecule has 4 N–H and O–H groups in total. The number of nitrogen functional groups attached to an aromatic ring is 1. The van der Waals surface area contributed by atoms with Crippen molar-refractivity contribution in [3.8, 4) is 0 Å². The maximum atomic E-state index is 13.1. The first-order valence-corrected chi connectivity index (χ1v) is 9.54. The smallest absolute Gasteiger partial charge is 0.325 e. The fourth-order valence-electron chi connectivity index (χ4n) is 4.01. The largest absolute Gasteiger partial charge is 0.368 e. The standard InChI is InChI=1S/C19H22FN7O2/c1-11-4-2-3-9-19(11)15(28)27(18(29)26-19)10-14-23-16(21)25-17(24-14)22-13-7-5-12(20)6-8-13/h5-8,11H,2-4,9-10H2,1H3,(H,26,29)(H3,21,22,23,24,25)/t11-,19-/m1/s1. The van der Waals surface area contributed by atoms with E-state index in [1.54, 1.807) is 0 Å². The first kappa shape index (κ1) is 19.0. The molecule has 1 saturated heterocycles. The van der Waals surface area contributed by atoms with Crippen LogP contribution in [-0.4, -0.2) is 37.3 Å². The van der Waals surface area contributed by atoms with Crippen molar-refractivity contribution in [3.05, 3.63) is 35.9 Å². The van der Waals surface area contributed by atoms with Crippen molar-refractivity contribution in [2.75, 3.05) is 11.1 Å². The van der Waals surface area contributed by atoms with Gasteiger partial charge in [-0.25, -0.2) is 9.18 Å². The molecule has 10 heteroatoms. The molecule has 1 aliphatic heterocycles. The summed E-state index contributed by atoms with van der Waals surface area (Å²) >= 11 is 0. The van der Waals surface area contributed by atoms with Crippen molar-refractivity contribution in [1.29, 1.82) is 0 Å². The number of nitrogens with zero attached hydrogens (tertiary/aromatic N) is 4. The maximum absolute atomic E-state index is 13.1. The number of nitrogens with one attached hydrogen (secondary N) is 2. The second-order valence-corrected chi connectivity index (χ2v) is 7.50. The van der Waals surface area contributed by atoms with Crippen LogP contribution in [0.2, 0.25) is 0 Å². The highest BCUT2D eigenvalue weighted by atomic mass is 19.1. The van der Waals surface area contributed by atoms with E-state index in [0.29, 0.717) is 12.1 Å². The Morgan fingerprint density at radius 3 is 2.72 bits per heavy atom. The van der Waals surface area contributed by atoms with E-state index in [1.807, 2.05) is 6.92 Å². The number of rotatable bonds is 4. The van der Waals surface area contributed by atoms with Gasteiger partial charge in [0.1, 0.15) is 11.4 Å². The molecule has 1 saturated carbocycles. The van der Waals surface area contributed by atoms with Crippen LogP contribution in [0.1, 0.15) is 38.4 Å². The monoisotopic (exact) mass is 399 g/mol. The third-order valence-corrected chi connectivity index (χ3v) is 5.60. The fraction of sp³-hybridized carbons (Fsp3) is 0.421. The average molecular weight is 399 g/mol. The highest BCUT2D eigenvalue weighted by Gasteiger charge is 2.54. The topological polar surface area (TPSA) is 126 Å². The summed E-state index contributed by atoms with van der Waals surface area (Å²) in [5.41, 5.74) is 5.49. The van der Waals surface area contributed by atoms with Crippen LogP contribution < -0.4 is 16.4 Å². The molecule has 29 heavy (non-hydrogen) atoms. The molecule has 2 aromatic rings. The molecular weight excluding hydrogens is 377 g/mol. The molecule has 2 aliphatic rings. The molecule has 3 amide bonds. The van der Waals surface area contributed by atoms with E-state index in [1.165, 1.54) is 24.3 Å². The van der Waals surface area contributed by atoms with E-state index in [2.05, 4.69) is 25.6 Å². The van der Waals surface area contributed by atoms with E-state index in [0.717, 1.165) is 24.2 Å². The predicted molar refractivity (Wildman–Crippen MR) is 103 cm³/mol. The number of anilines is 3. The molecule has 2 heterocycles. The molecule has 1 aliphatic carbocycles. The summed E-state index contributed by atoms with van der Waals surface area (Å²) in [6.45, 7) is 1.89. The van der Waals surface area contributed by atoms with Crippen LogP contribution in [0.3, 0.4) is 0 Å². The zero-order chi connectivity index (χ0) is 20.6. The Hall–Kier alpha value is -3.30. The highest BCUT2D eigenvalue weighted by Crippen LogP contribution is 2.38. The molecule has 1 aromatic carbocycles. The fourth-order valence-corrected chi connectivity index (χ4v) is 4.01. The van der Waals surface area contributed by atoms with Crippen LogP contribution in [0.4, 0.5) is 26.8 Å². The second-order valence-electron chi connectivity index (χ2n) is 7.50. The lowest BCUT2D eigenvalue weighted by Gasteiger charge is -2.36. The maximum Gasteiger partial charge on any atom is 0.325 e. The molecule has 0 radical (unpaired) electrons. The van der Waals surface area contributed by atoms with Gasteiger partial charge < -0.3 is 16.4 Å². The van der Waals surface area contributed by atoms with Crippen molar-refractivity contribution < 1.29 is 14.0 Å². The highest BCUT2D eigenvalue weighted by molar-refractivity contribution is 6.07. The number of hydrogen-bond acceptors (Lipinski definition) is 7. The number of carbonyl (C=O) groups is 2. The number of nitrogens with two attached hydrogens (primary N) is 1. The van der Waals surface area contributed by atoms with Gasteiger partial charge in [0.05, 0.1) is 6.54 Å². The number of halogens is 1. The van der Waals surface area contributed by atoms with Gasteiger partial charge in [-0.15, -0.1) is 0 Å². The molecule has 2 atom stereocenters. The van der Waals surface area contributed by atoms with Gasteiger partial charge in [-0.05, 0) is 43.0 Å². The minimum Gasteiger partial charge on any atom is -0.368 e. The van der Waals surface area contributed by atoms with Crippen LogP contribution in [0.15, 0.2) is 24.3 Å². The Balaban J connectivity index is 1.54. The minimum atomic E-state index is -0.844. The number of aromatic nitrogens is 3. The minimum absolute atomic E-state index is 0.0487. The van der Waals surface area contributed by atoms with Gasteiger partial charge in [-0.1, -0.05) is 19.8 Å². The molecular formula is C19H22FN7O2. The molecule has 4 rings (SSSR count). The zero-order valence-corrected chi connectivity index (χ0v) is 16.0. The van der Waals surface area contributed by atoms with Crippen molar-refractivity contribution in [3.63, 3.8) is 0 Å². The summed E-state index contributed by atoms with van der Waals surface area (Å²) in [5.74, 6) is -0.264. The Morgan fingerprint density at radius 1 is 1.24 bits per heavy atom. The Bertz CT molecular complexity index is 952. The average Bonchev–Trinajstić information content (AvgIpc) is 2.91. The molecule has 9 nitrogen and oxygen atoms in total. The van der Waals surface area contributed by atoms with E-state index in [4.69, 9.17) is 5.73 Å². The summed E-state index contributed by atoms with van der Waals surface area (Å²) in [6.07, 6.45) is 3.47. The lowest BCUT2D eigenvalue weighted by molar-refractivity contribution is -0.134. The summed E-state index contributed by atoms with van der Waals surface area (Å²) in [4.78, 5) is 39.1. The van der Waals surface area contributed by atoms with Crippen LogP contribution in [0, 0.1) is 11.7 Å². The van der Waals surface area contributed by atoms with E-state index in [9.17, 15) is 14.0 Å². The summed E-state index contributed by atoms with van der Waals surface area (Å²) in [7, 11) is 0. The van der Waals surface area contributed by atoms with Crippen LogP contribution in [-0.2, 0) is 11.3 Å². The van der Waals surface area contributed by atoms with E-state index < -0.39 is 11.6 Å². The van der Waals surface area contributed by atoms with Gasteiger partial charge in [0.15, 0.2) is 5.82 Å². The van der Waals surface area contributed by atoms with Crippen LogP contribution in [0.5, 0.6) is 0 Å². The van der Waals surface area contributed by atoms with Crippen molar-refractivity contribution in [1.82, 2.24) is 25.2 Å². The molecule has 0 unspecified atom stereocenters. The molecule has 1 aromatic heterocycles. The summed E-state index contributed by atoms with van der Waals surface area (Å²) in [5, 5.41) is 5.81. The van der Waals surface area contributed by atoms with Crippen LogP contribution >= 0.6 is 0 Å². The van der Waals surface area contributed by atoms with Gasteiger partial charge in [-0.3, -0.25) is 9.69 Å².